The second kappa shape index (κ2) is 6.89. The molecule has 1 heterocycles. The number of aromatic nitrogens is 2. The van der Waals surface area contributed by atoms with Gasteiger partial charge in [-0.2, -0.15) is 0 Å². The second-order valence-electron chi connectivity index (χ2n) is 5.18. The van der Waals surface area contributed by atoms with Crippen LogP contribution in [0.2, 0.25) is 0 Å². The minimum Gasteiger partial charge on any atom is -0.461 e. The first-order valence-electron chi connectivity index (χ1n) is 7.13. The van der Waals surface area contributed by atoms with E-state index in [1.807, 2.05) is 24.3 Å². The molecule has 0 fully saturated rings. The minimum atomic E-state index is -0.408. The Morgan fingerprint density at radius 1 is 1.24 bits per heavy atom. The fraction of sp³-hybridized carbons (Fsp3) is 0.438. The highest BCUT2D eigenvalue weighted by Gasteiger charge is 2.21. The van der Waals surface area contributed by atoms with E-state index in [-0.39, 0.29) is 0 Å². The Morgan fingerprint density at radius 2 is 1.95 bits per heavy atom. The highest BCUT2D eigenvalue weighted by atomic mass is 32.2. The summed E-state index contributed by atoms with van der Waals surface area (Å²) in [6, 6.07) is 7.74. The Kier molecular flexibility index (Phi) is 5.17. The van der Waals surface area contributed by atoms with E-state index in [0.29, 0.717) is 23.5 Å². The van der Waals surface area contributed by atoms with Crippen LogP contribution in [0.25, 0.3) is 10.9 Å². The first-order chi connectivity index (χ1) is 10.0. The first-order valence-corrected chi connectivity index (χ1v) is 8.01. The largest absolute Gasteiger partial charge is 0.461 e. The number of fused-ring (bicyclic) bond motifs is 1. The summed E-state index contributed by atoms with van der Waals surface area (Å²) < 4.78 is 5.10. The lowest BCUT2D eigenvalue weighted by molar-refractivity contribution is 0.0514. The first kappa shape index (κ1) is 15.8. The standard InChI is InChI=1S/C16H20N2O2S/c1-5-20-16(19)14-15(21-11(4)10(2)3)12-8-6-7-9-13(12)17-18-14/h6-11H,5H2,1-4H3. The van der Waals surface area contributed by atoms with Gasteiger partial charge in [-0.05, 0) is 18.9 Å². The number of carbonyl (C=O) groups excluding carboxylic acids is 1. The summed E-state index contributed by atoms with van der Waals surface area (Å²) in [4.78, 5) is 13.0. The van der Waals surface area contributed by atoms with Gasteiger partial charge in [0.15, 0.2) is 5.69 Å². The van der Waals surface area contributed by atoms with E-state index in [1.54, 1.807) is 18.7 Å². The van der Waals surface area contributed by atoms with Gasteiger partial charge in [0.2, 0.25) is 0 Å². The summed E-state index contributed by atoms with van der Waals surface area (Å²) in [6.07, 6.45) is 0. The maximum Gasteiger partial charge on any atom is 0.360 e. The van der Waals surface area contributed by atoms with Crippen LogP contribution in [0.15, 0.2) is 29.2 Å². The van der Waals surface area contributed by atoms with E-state index in [4.69, 9.17) is 4.74 Å². The zero-order chi connectivity index (χ0) is 15.4. The molecule has 1 unspecified atom stereocenters. The number of thioether (sulfide) groups is 1. The summed E-state index contributed by atoms with van der Waals surface area (Å²) in [5, 5.41) is 9.54. The third kappa shape index (κ3) is 3.53. The average molecular weight is 304 g/mol. The number of rotatable bonds is 5. The summed E-state index contributed by atoms with van der Waals surface area (Å²) >= 11 is 1.66. The van der Waals surface area contributed by atoms with Gasteiger partial charge in [-0.1, -0.05) is 39.0 Å². The normalized spacial score (nSPS) is 12.6. The Bertz CT molecular complexity index is 643. The summed E-state index contributed by atoms with van der Waals surface area (Å²) in [5.74, 6) is 0.0891. The van der Waals surface area contributed by atoms with Crippen LogP contribution in [-0.4, -0.2) is 28.0 Å². The number of hydrogen-bond donors (Lipinski definition) is 0. The third-order valence-electron chi connectivity index (χ3n) is 3.33. The monoisotopic (exact) mass is 304 g/mol. The quantitative estimate of drug-likeness (QED) is 0.618. The minimum absolute atomic E-state index is 0.313. The smallest absolute Gasteiger partial charge is 0.360 e. The van der Waals surface area contributed by atoms with E-state index >= 15 is 0 Å². The highest BCUT2D eigenvalue weighted by molar-refractivity contribution is 8.00. The Morgan fingerprint density at radius 3 is 2.62 bits per heavy atom. The second-order valence-corrected chi connectivity index (χ2v) is 6.57. The number of hydrogen-bond acceptors (Lipinski definition) is 5. The lowest BCUT2D eigenvalue weighted by Gasteiger charge is -2.17. The van der Waals surface area contributed by atoms with Gasteiger partial charge in [-0.15, -0.1) is 22.0 Å². The van der Waals surface area contributed by atoms with Gasteiger partial charge in [0, 0.05) is 10.6 Å². The van der Waals surface area contributed by atoms with Crippen molar-refractivity contribution in [2.45, 2.75) is 37.8 Å². The maximum atomic E-state index is 12.1. The van der Waals surface area contributed by atoms with Crippen LogP contribution in [0.5, 0.6) is 0 Å². The lowest BCUT2D eigenvalue weighted by Crippen LogP contribution is -2.13. The average Bonchev–Trinajstić information content (AvgIpc) is 2.47. The number of nitrogens with zero attached hydrogens (tertiary/aromatic N) is 2. The van der Waals surface area contributed by atoms with Crippen molar-refractivity contribution in [2.75, 3.05) is 6.61 Å². The van der Waals surface area contributed by atoms with Crippen molar-refractivity contribution < 1.29 is 9.53 Å². The molecule has 112 valence electrons. The molecular weight excluding hydrogens is 284 g/mol. The van der Waals surface area contributed by atoms with Gasteiger partial charge in [-0.25, -0.2) is 4.79 Å². The van der Waals surface area contributed by atoms with Gasteiger partial charge >= 0.3 is 5.97 Å². The zero-order valence-electron chi connectivity index (χ0n) is 12.8. The molecule has 1 aromatic carbocycles. The molecule has 0 aliphatic heterocycles. The topological polar surface area (TPSA) is 52.1 Å². The number of carbonyl (C=O) groups is 1. The van der Waals surface area contributed by atoms with Crippen molar-refractivity contribution >= 4 is 28.6 Å². The molecule has 0 aliphatic carbocycles. The van der Waals surface area contributed by atoms with Crippen LogP contribution in [0.1, 0.15) is 38.2 Å². The van der Waals surface area contributed by atoms with Gasteiger partial charge in [0.1, 0.15) is 0 Å². The highest BCUT2D eigenvalue weighted by Crippen LogP contribution is 2.34. The van der Waals surface area contributed by atoms with Crippen molar-refractivity contribution in [1.82, 2.24) is 10.2 Å². The van der Waals surface area contributed by atoms with Gasteiger partial charge < -0.3 is 4.74 Å². The number of benzene rings is 1. The van der Waals surface area contributed by atoms with E-state index in [2.05, 4.69) is 31.0 Å². The molecule has 0 saturated heterocycles. The SMILES string of the molecule is CCOC(=O)c1nnc2ccccc2c1SC(C)C(C)C. The van der Waals surface area contributed by atoms with Crippen molar-refractivity contribution in [3.05, 3.63) is 30.0 Å². The maximum absolute atomic E-state index is 12.1. The number of ether oxygens (including phenoxy) is 1. The summed E-state index contributed by atoms with van der Waals surface area (Å²) in [6.45, 7) is 8.60. The fourth-order valence-corrected chi connectivity index (χ4v) is 2.98. The molecule has 0 N–H and O–H groups in total. The molecule has 5 heteroatoms. The number of esters is 1. The van der Waals surface area contributed by atoms with Crippen molar-refractivity contribution in [3.63, 3.8) is 0 Å². The van der Waals surface area contributed by atoms with Crippen LogP contribution in [0.4, 0.5) is 0 Å². The molecule has 2 rings (SSSR count). The van der Waals surface area contributed by atoms with Gasteiger partial charge in [-0.3, -0.25) is 0 Å². The molecule has 21 heavy (non-hydrogen) atoms. The Labute approximate surface area is 129 Å². The van der Waals surface area contributed by atoms with E-state index in [0.717, 1.165) is 15.8 Å². The zero-order valence-corrected chi connectivity index (χ0v) is 13.6. The molecule has 1 aromatic heterocycles. The molecule has 0 radical (unpaired) electrons. The fourth-order valence-electron chi connectivity index (χ4n) is 1.80. The van der Waals surface area contributed by atoms with E-state index < -0.39 is 5.97 Å². The molecule has 0 bridgehead atoms. The Balaban J connectivity index is 2.54. The summed E-state index contributed by atoms with van der Waals surface area (Å²) in [7, 11) is 0. The van der Waals surface area contributed by atoms with Crippen LogP contribution in [0.3, 0.4) is 0 Å². The van der Waals surface area contributed by atoms with E-state index in [9.17, 15) is 4.79 Å². The molecular formula is C16H20N2O2S. The molecule has 0 aliphatic rings. The lowest BCUT2D eigenvalue weighted by atomic mass is 10.2. The molecule has 0 saturated carbocycles. The molecule has 4 nitrogen and oxygen atoms in total. The predicted molar refractivity (Wildman–Crippen MR) is 85.7 cm³/mol. The molecule has 1 atom stereocenters. The van der Waals surface area contributed by atoms with Crippen molar-refractivity contribution in [3.8, 4) is 0 Å². The summed E-state index contributed by atoms with van der Waals surface area (Å²) in [5.41, 5.74) is 1.11. The van der Waals surface area contributed by atoms with Crippen LogP contribution in [0, 0.1) is 5.92 Å². The predicted octanol–water partition coefficient (Wildman–Crippen LogP) is 3.94. The van der Waals surface area contributed by atoms with Crippen LogP contribution >= 0.6 is 11.8 Å². The molecule has 0 spiro atoms. The van der Waals surface area contributed by atoms with Crippen molar-refractivity contribution in [2.24, 2.45) is 5.92 Å². The molecule has 2 aromatic rings. The third-order valence-corrected chi connectivity index (χ3v) is 4.90. The van der Waals surface area contributed by atoms with E-state index in [1.165, 1.54) is 0 Å². The van der Waals surface area contributed by atoms with Gasteiger partial charge in [0.05, 0.1) is 17.0 Å². The van der Waals surface area contributed by atoms with Crippen LogP contribution < -0.4 is 0 Å². The Hall–Kier alpha value is -1.62. The van der Waals surface area contributed by atoms with Crippen LogP contribution in [-0.2, 0) is 4.74 Å². The molecule has 0 amide bonds. The van der Waals surface area contributed by atoms with Gasteiger partial charge in [0.25, 0.3) is 0 Å². The van der Waals surface area contributed by atoms with Crippen molar-refractivity contribution in [1.29, 1.82) is 0 Å².